The van der Waals surface area contributed by atoms with Gasteiger partial charge in [-0.1, -0.05) is 68.2 Å². The minimum atomic E-state index is -0.259. The van der Waals surface area contributed by atoms with Crippen molar-refractivity contribution in [2.24, 2.45) is 0 Å². The first-order valence-electron chi connectivity index (χ1n) is 5.98. The van der Waals surface area contributed by atoms with Crippen LogP contribution in [0.4, 0.5) is 0 Å². The van der Waals surface area contributed by atoms with Gasteiger partial charge in [0.2, 0.25) is 0 Å². The van der Waals surface area contributed by atoms with E-state index >= 15 is 0 Å². The third-order valence-electron chi connectivity index (χ3n) is 3.03. The number of benzene rings is 1. The normalized spacial score (nSPS) is 13.6. The van der Waals surface area contributed by atoms with E-state index < -0.39 is 0 Å². The Morgan fingerprint density at radius 2 is 1.63 bits per heavy atom. The van der Waals surface area contributed by atoms with Crippen molar-refractivity contribution >= 4 is 46.1 Å². The van der Waals surface area contributed by atoms with Crippen molar-refractivity contribution in [2.75, 3.05) is 0 Å². The van der Waals surface area contributed by atoms with E-state index in [1.54, 1.807) is 0 Å². The number of halogens is 3. The van der Waals surface area contributed by atoms with E-state index in [4.69, 9.17) is 34.8 Å². The second kappa shape index (κ2) is 5.65. The molecule has 0 aliphatic carbocycles. The lowest BCUT2D eigenvalue weighted by molar-refractivity contribution is 0.590. The van der Waals surface area contributed by atoms with Crippen molar-refractivity contribution in [1.82, 2.24) is 0 Å². The summed E-state index contributed by atoms with van der Waals surface area (Å²) < 4.78 is 1.32. The monoisotopic (exact) mass is 332 g/mol. The summed E-state index contributed by atoms with van der Waals surface area (Å²) in [6, 6.07) is 10.2. The van der Waals surface area contributed by atoms with Crippen LogP contribution in [-0.2, 0) is 5.41 Å². The van der Waals surface area contributed by atoms with Crippen LogP contribution in [0, 0.1) is 0 Å². The van der Waals surface area contributed by atoms with Crippen molar-refractivity contribution in [3.8, 4) is 0 Å². The van der Waals surface area contributed by atoms with Crippen molar-refractivity contribution in [2.45, 2.75) is 31.6 Å². The van der Waals surface area contributed by atoms with Gasteiger partial charge in [-0.3, -0.25) is 0 Å². The van der Waals surface area contributed by atoms with Gasteiger partial charge in [-0.2, -0.15) is 0 Å². The van der Waals surface area contributed by atoms with E-state index in [-0.39, 0.29) is 10.8 Å². The first-order chi connectivity index (χ1) is 8.79. The van der Waals surface area contributed by atoms with Crippen LogP contribution < -0.4 is 0 Å². The van der Waals surface area contributed by atoms with Gasteiger partial charge in [-0.25, -0.2) is 0 Å². The van der Waals surface area contributed by atoms with Gasteiger partial charge >= 0.3 is 0 Å². The van der Waals surface area contributed by atoms with Crippen LogP contribution in [0.2, 0.25) is 8.67 Å². The molecule has 2 aromatic rings. The molecule has 0 radical (unpaired) electrons. The molecule has 0 aliphatic heterocycles. The average molecular weight is 334 g/mol. The Bertz CT molecular complexity index is 564. The molecule has 1 aromatic heterocycles. The third kappa shape index (κ3) is 3.46. The Balaban J connectivity index is 2.30. The second-order valence-corrected chi connectivity index (χ2v) is 8.24. The zero-order valence-corrected chi connectivity index (χ0v) is 14.1. The van der Waals surface area contributed by atoms with Crippen molar-refractivity contribution in [1.29, 1.82) is 0 Å². The summed E-state index contributed by atoms with van der Waals surface area (Å²) in [5.41, 5.74) is 3.34. The van der Waals surface area contributed by atoms with E-state index in [9.17, 15) is 0 Å². The maximum Gasteiger partial charge on any atom is 0.0994 e. The third-order valence-corrected chi connectivity index (χ3v) is 5.03. The molecule has 0 bridgehead atoms. The van der Waals surface area contributed by atoms with E-state index in [1.165, 1.54) is 16.9 Å². The summed E-state index contributed by atoms with van der Waals surface area (Å²) >= 11 is 19.9. The minimum absolute atomic E-state index is 0.143. The summed E-state index contributed by atoms with van der Waals surface area (Å²) in [5.74, 6) is 0. The maximum atomic E-state index is 6.48. The Labute approximate surface area is 133 Å². The molecule has 2 rings (SSSR count). The lowest BCUT2D eigenvalue weighted by Gasteiger charge is -2.20. The smallest absolute Gasteiger partial charge is 0.0994 e. The largest absolute Gasteiger partial charge is 0.113 e. The molecule has 0 fully saturated rings. The molecule has 0 amide bonds. The van der Waals surface area contributed by atoms with Gasteiger partial charge in [0.05, 0.1) is 14.0 Å². The summed E-state index contributed by atoms with van der Waals surface area (Å²) in [6.07, 6.45) is 0. The van der Waals surface area contributed by atoms with Crippen LogP contribution in [0.1, 0.15) is 42.8 Å². The Morgan fingerprint density at radius 1 is 1.05 bits per heavy atom. The summed E-state index contributed by atoms with van der Waals surface area (Å²) in [7, 11) is 0. The first kappa shape index (κ1) is 15.2. The standard InChI is InChI=1S/C15H15Cl3S/c1-15(2,3)10-6-4-9(5-7-10)13(17)11-8-12(16)19-14(11)18/h4-8,13H,1-3H3. The quantitative estimate of drug-likeness (QED) is 0.538. The highest BCUT2D eigenvalue weighted by molar-refractivity contribution is 7.20. The number of alkyl halides is 1. The summed E-state index contributed by atoms with van der Waals surface area (Å²) in [5, 5.41) is -0.259. The van der Waals surface area contributed by atoms with Crippen LogP contribution in [0.25, 0.3) is 0 Å². The number of rotatable bonds is 2. The molecule has 0 N–H and O–H groups in total. The number of hydrogen-bond donors (Lipinski definition) is 0. The highest BCUT2D eigenvalue weighted by Gasteiger charge is 2.18. The highest BCUT2D eigenvalue weighted by atomic mass is 35.5. The summed E-state index contributed by atoms with van der Waals surface area (Å²) in [4.78, 5) is 0. The summed E-state index contributed by atoms with van der Waals surface area (Å²) in [6.45, 7) is 6.57. The van der Waals surface area contributed by atoms with Crippen LogP contribution in [-0.4, -0.2) is 0 Å². The van der Waals surface area contributed by atoms with Gasteiger partial charge in [0.1, 0.15) is 0 Å². The molecule has 0 saturated carbocycles. The zero-order chi connectivity index (χ0) is 14.2. The molecule has 0 aliphatic rings. The van der Waals surface area contributed by atoms with Crippen molar-refractivity contribution in [3.05, 3.63) is 55.7 Å². The van der Waals surface area contributed by atoms with Crippen LogP contribution in [0.3, 0.4) is 0 Å². The topological polar surface area (TPSA) is 0 Å². The first-order valence-corrected chi connectivity index (χ1v) is 7.99. The van der Waals surface area contributed by atoms with Crippen molar-refractivity contribution < 1.29 is 0 Å². The second-order valence-electron chi connectivity index (χ2n) is 5.51. The zero-order valence-electron chi connectivity index (χ0n) is 11.0. The molecular formula is C15H15Cl3S. The van der Waals surface area contributed by atoms with Gasteiger partial charge in [0.25, 0.3) is 0 Å². The van der Waals surface area contributed by atoms with Crippen molar-refractivity contribution in [3.63, 3.8) is 0 Å². The lowest BCUT2D eigenvalue weighted by atomic mass is 9.86. The van der Waals surface area contributed by atoms with Crippen LogP contribution >= 0.6 is 46.1 Å². The lowest BCUT2D eigenvalue weighted by Crippen LogP contribution is -2.10. The molecule has 1 atom stereocenters. The predicted octanol–water partition coefficient (Wildman–Crippen LogP) is 6.68. The average Bonchev–Trinajstić information content (AvgIpc) is 2.66. The van der Waals surface area contributed by atoms with Gasteiger partial charge in [0.15, 0.2) is 0 Å². The molecule has 1 heterocycles. The molecule has 0 saturated heterocycles. The molecule has 0 nitrogen and oxygen atoms in total. The molecule has 4 heteroatoms. The van der Waals surface area contributed by atoms with Crippen LogP contribution in [0.5, 0.6) is 0 Å². The molecule has 1 aromatic carbocycles. The maximum absolute atomic E-state index is 6.48. The Morgan fingerprint density at radius 3 is 2.05 bits per heavy atom. The van der Waals surface area contributed by atoms with Gasteiger partial charge in [0, 0.05) is 5.56 Å². The van der Waals surface area contributed by atoms with Gasteiger partial charge in [-0.15, -0.1) is 22.9 Å². The molecular weight excluding hydrogens is 319 g/mol. The highest BCUT2D eigenvalue weighted by Crippen LogP contribution is 2.40. The molecule has 0 spiro atoms. The SMILES string of the molecule is CC(C)(C)c1ccc(C(Cl)c2cc(Cl)sc2Cl)cc1. The Kier molecular flexibility index (Phi) is 4.52. The fourth-order valence-electron chi connectivity index (χ4n) is 1.86. The minimum Gasteiger partial charge on any atom is -0.113 e. The van der Waals surface area contributed by atoms with Gasteiger partial charge < -0.3 is 0 Å². The van der Waals surface area contributed by atoms with E-state index in [0.29, 0.717) is 8.67 Å². The van der Waals surface area contributed by atoms with E-state index in [0.717, 1.165) is 11.1 Å². The predicted molar refractivity (Wildman–Crippen MR) is 87.2 cm³/mol. The fourth-order valence-corrected chi connectivity index (χ4v) is 3.83. The molecule has 19 heavy (non-hydrogen) atoms. The molecule has 1 unspecified atom stereocenters. The number of thiophene rings is 1. The van der Waals surface area contributed by atoms with Gasteiger partial charge in [-0.05, 0) is 22.6 Å². The van der Waals surface area contributed by atoms with E-state index in [2.05, 4.69) is 45.0 Å². The Hall–Kier alpha value is -0.210. The van der Waals surface area contributed by atoms with E-state index in [1.807, 2.05) is 6.07 Å². The molecule has 102 valence electrons. The number of hydrogen-bond acceptors (Lipinski definition) is 1. The van der Waals surface area contributed by atoms with Crippen LogP contribution in [0.15, 0.2) is 30.3 Å². The fraction of sp³-hybridized carbons (Fsp3) is 0.333.